The molecule has 0 aromatic carbocycles. The van der Waals surface area contributed by atoms with Crippen LogP contribution in [-0.4, -0.2) is 17.4 Å². The van der Waals surface area contributed by atoms with Gasteiger partial charge in [-0.05, 0) is 18.8 Å². The third-order valence-electron chi connectivity index (χ3n) is 3.39. The fraction of sp³-hybridized carbons (Fsp3) is 0.571. The van der Waals surface area contributed by atoms with E-state index in [-0.39, 0.29) is 5.91 Å². The Kier molecular flexibility index (Phi) is 4.77. The standard InChI is InChI=1S/C14H18N2OS/c1-2-9-16(14-15-8-10-18-14)13(17)11-12-6-4-3-5-7-12/h1,8,10,12H,3-7,9,11H2. The maximum absolute atomic E-state index is 12.3. The Morgan fingerprint density at radius 3 is 2.89 bits per heavy atom. The maximum atomic E-state index is 12.3. The second-order valence-corrected chi connectivity index (χ2v) is 5.58. The lowest BCUT2D eigenvalue weighted by molar-refractivity contribution is -0.119. The molecule has 1 aromatic rings. The molecule has 0 aliphatic heterocycles. The van der Waals surface area contributed by atoms with Crippen molar-refractivity contribution >= 4 is 22.4 Å². The second kappa shape index (κ2) is 6.55. The molecule has 1 aromatic heterocycles. The number of rotatable bonds is 4. The van der Waals surface area contributed by atoms with Crippen LogP contribution in [0.4, 0.5) is 5.13 Å². The largest absolute Gasteiger partial charge is 0.276 e. The van der Waals surface area contributed by atoms with Gasteiger partial charge in [0, 0.05) is 18.0 Å². The first-order valence-electron chi connectivity index (χ1n) is 6.44. The number of terminal acetylenes is 1. The molecular weight excluding hydrogens is 244 g/mol. The summed E-state index contributed by atoms with van der Waals surface area (Å²) in [6.07, 6.45) is 13.8. The van der Waals surface area contributed by atoms with E-state index >= 15 is 0 Å². The Morgan fingerprint density at radius 2 is 2.28 bits per heavy atom. The van der Waals surface area contributed by atoms with Crippen LogP contribution in [-0.2, 0) is 4.79 Å². The fourth-order valence-electron chi connectivity index (χ4n) is 2.45. The lowest BCUT2D eigenvalue weighted by atomic mass is 9.87. The Hall–Kier alpha value is -1.34. The van der Waals surface area contributed by atoms with E-state index in [0.717, 1.165) is 0 Å². The van der Waals surface area contributed by atoms with Crippen molar-refractivity contribution in [2.75, 3.05) is 11.4 Å². The van der Waals surface area contributed by atoms with Crippen LogP contribution >= 0.6 is 11.3 Å². The van der Waals surface area contributed by atoms with Crippen LogP contribution in [0, 0.1) is 18.3 Å². The average Bonchev–Trinajstić information content (AvgIpc) is 2.90. The molecule has 1 aliphatic carbocycles. The number of aromatic nitrogens is 1. The van der Waals surface area contributed by atoms with Gasteiger partial charge in [0.05, 0.1) is 6.54 Å². The highest BCUT2D eigenvalue weighted by Gasteiger charge is 2.22. The number of amides is 1. The number of nitrogens with zero attached hydrogens (tertiary/aromatic N) is 2. The topological polar surface area (TPSA) is 33.2 Å². The van der Waals surface area contributed by atoms with Gasteiger partial charge in [-0.2, -0.15) is 0 Å². The van der Waals surface area contributed by atoms with Gasteiger partial charge >= 0.3 is 0 Å². The van der Waals surface area contributed by atoms with Gasteiger partial charge in [-0.1, -0.05) is 25.2 Å². The molecule has 0 unspecified atom stereocenters. The Morgan fingerprint density at radius 1 is 1.50 bits per heavy atom. The van der Waals surface area contributed by atoms with Crippen molar-refractivity contribution < 1.29 is 4.79 Å². The predicted molar refractivity (Wildman–Crippen MR) is 74.5 cm³/mol. The van der Waals surface area contributed by atoms with E-state index in [2.05, 4.69) is 10.9 Å². The Labute approximate surface area is 112 Å². The van der Waals surface area contributed by atoms with E-state index in [1.54, 1.807) is 11.1 Å². The zero-order valence-corrected chi connectivity index (χ0v) is 11.3. The van der Waals surface area contributed by atoms with Gasteiger partial charge in [-0.15, -0.1) is 17.8 Å². The molecule has 0 radical (unpaired) electrons. The summed E-state index contributed by atoms with van der Waals surface area (Å²) in [5.74, 6) is 3.20. The SMILES string of the molecule is C#CCN(C(=O)CC1CCCCC1)c1nccs1. The maximum Gasteiger partial charge on any atom is 0.229 e. The fourth-order valence-corrected chi connectivity index (χ4v) is 3.11. The molecule has 0 N–H and O–H groups in total. The summed E-state index contributed by atoms with van der Waals surface area (Å²) >= 11 is 1.46. The van der Waals surface area contributed by atoms with E-state index in [4.69, 9.17) is 6.42 Å². The molecule has 96 valence electrons. The van der Waals surface area contributed by atoms with Crippen LogP contribution < -0.4 is 4.90 Å². The number of carbonyl (C=O) groups excluding carboxylic acids is 1. The molecule has 1 heterocycles. The highest BCUT2D eigenvalue weighted by molar-refractivity contribution is 7.13. The number of hydrogen-bond acceptors (Lipinski definition) is 3. The monoisotopic (exact) mass is 262 g/mol. The molecule has 2 rings (SSSR count). The van der Waals surface area contributed by atoms with E-state index < -0.39 is 0 Å². The molecule has 1 amide bonds. The molecule has 0 bridgehead atoms. The summed E-state index contributed by atoms with van der Waals surface area (Å²) in [7, 11) is 0. The van der Waals surface area contributed by atoms with Crippen molar-refractivity contribution in [3.8, 4) is 12.3 Å². The zero-order valence-electron chi connectivity index (χ0n) is 10.5. The van der Waals surface area contributed by atoms with Gasteiger partial charge in [0.2, 0.25) is 5.91 Å². The summed E-state index contributed by atoms with van der Waals surface area (Å²) in [5, 5.41) is 2.58. The van der Waals surface area contributed by atoms with Gasteiger partial charge in [0.15, 0.2) is 5.13 Å². The molecule has 4 heteroatoms. The quantitative estimate of drug-likeness (QED) is 0.781. The third kappa shape index (κ3) is 3.33. The van der Waals surface area contributed by atoms with E-state index in [9.17, 15) is 4.79 Å². The molecule has 18 heavy (non-hydrogen) atoms. The minimum absolute atomic E-state index is 0.120. The smallest absolute Gasteiger partial charge is 0.229 e. The van der Waals surface area contributed by atoms with Crippen LogP contribution in [0.2, 0.25) is 0 Å². The van der Waals surface area contributed by atoms with Crippen LogP contribution in [0.25, 0.3) is 0 Å². The van der Waals surface area contributed by atoms with Gasteiger partial charge in [-0.25, -0.2) is 4.98 Å². The number of anilines is 1. The van der Waals surface area contributed by atoms with Crippen molar-refractivity contribution in [2.45, 2.75) is 38.5 Å². The van der Waals surface area contributed by atoms with Crippen molar-refractivity contribution in [2.24, 2.45) is 5.92 Å². The van der Waals surface area contributed by atoms with Gasteiger partial charge in [-0.3, -0.25) is 9.69 Å². The minimum atomic E-state index is 0.120. The molecule has 1 aliphatic rings. The van der Waals surface area contributed by atoms with Crippen molar-refractivity contribution in [1.29, 1.82) is 0 Å². The van der Waals surface area contributed by atoms with Crippen LogP contribution in [0.5, 0.6) is 0 Å². The highest BCUT2D eigenvalue weighted by Crippen LogP contribution is 2.28. The first kappa shape index (κ1) is 13.1. The molecule has 0 spiro atoms. The lowest BCUT2D eigenvalue weighted by Crippen LogP contribution is -2.32. The normalized spacial score (nSPS) is 16.2. The highest BCUT2D eigenvalue weighted by atomic mass is 32.1. The lowest BCUT2D eigenvalue weighted by Gasteiger charge is -2.24. The summed E-state index contributed by atoms with van der Waals surface area (Å²) in [6.45, 7) is 0.319. The summed E-state index contributed by atoms with van der Waals surface area (Å²) < 4.78 is 0. The molecule has 0 atom stereocenters. The van der Waals surface area contributed by atoms with Crippen molar-refractivity contribution in [3.05, 3.63) is 11.6 Å². The van der Waals surface area contributed by atoms with Gasteiger partial charge < -0.3 is 0 Å². The molecule has 0 saturated heterocycles. The third-order valence-corrected chi connectivity index (χ3v) is 4.18. The minimum Gasteiger partial charge on any atom is -0.276 e. The Balaban J connectivity index is 1.98. The van der Waals surface area contributed by atoms with Crippen LogP contribution in [0.1, 0.15) is 38.5 Å². The summed E-state index contributed by atoms with van der Waals surface area (Å²) in [5.41, 5.74) is 0. The Bertz CT molecular complexity index is 416. The average molecular weight is 262 g/mol. The predicted octanol–water partition coefficient (Wildman–Crippen LogP) is 3.08. The van der Waals surface area contributed by atoms with Crippen molar-refractivity contribution in [3.63, 3.8) is 0 Å². The molecule has 1 saturated carbocycles. The first-order valence-corrected chi connectivity index (χ1v) is 7.32. The number of carbonyl (C=O) groups is 1. The zero-order chi connectivity index (χ0) is 12.8. The van der Waals surface area contributed by atoms with E-state index in [1.165, 1.54) is 43.4 Å². The van der Waals surface area contributed by atoms with Crippen LogP contribution in [0.15, 0.2) is 11.6 Å². The summed E-state index contributed by atoms with van der Waals surface area (Å²) in [4.78, 5) is 18.1. The first-order chi connectivity index (χ1) is 8.81. The second-order valence-electron chi connectivity index (χ2n) is 4.71. The molecule has 1 fully saturated rings. The number of hydrogen-bond donors (Lipinski definition) is 0. The molecule has 3 nitrogen and oxygen atoms in total. The summed E-state index contributed by atoms with van der Waals surface area (Å²) in [6, 6.07) is 0. The van der Waals surface area contributed by atoms with Crippen molar-refractivity contribution in [1.82, 2.24) is 4.98 Å². The number of thiazole rings is 1. The molecular formula is C14H18N2OS. The van der Waals surface area contributed by atoms with E-state index in [0.29, 0.717) is 24.0 Å². The van der Waals surface area contributed by atoms with Gasteiger partial charge in [0.25, 0.3) is 0 Å². The van der Waals surface area contributed by atoms with E-state index in [1.807, 2.05) is 5.38 Å². The van der Waals surface area contributed by atoms with Gasteiger partial charge in [0.1, 0.15) is 0 Å². The van der Waals surface area contributed by atoms with Crippen LogP contribution in [0.3, 0.4) is 0 Å².